The van der Waals surface area contributed by atoms with Gasteiger partial charge >= 0.3 is 0 Å². The van der Waals surface area contributed by atoms with Gasteiger partial charge in [0, 0.05) is 17.0 Å². The first kappa shape index (κ1) is 13.9. The molecule has 1 fully saturated rings. The number of nitrogens with one attached hydrogen (secondary N) is 1. The van der Waals surface area contributed by atoms with Gasteiger partial charge < -0.3 is 5.32 Å². The molecule has 1 saturated carbocycles. The molecule has 1 heterocycles. The summed E-state index contributed by atoms with van der Waals surface area (Å²) >= 11 is 7.99. The summed E-state index contributed by atoms with van der Waals surface area (Å²) in [5.74, 6) is 0. The first-order chi connectivity index (χ1) is 9.33. The molecule has 1 nitrogen and oxygen atoms in total. The minimum Gasteiger partial charge on any atom is -0.307 e. The Hall–Kier alpha value is -0.0500. The molecule has 1 atom stereocenters. The lowest BCUT2D eigenvalue weighted by Gasteiger charge is -2.30. The number of hydrogen-bond donors (Lipinski definition) is 1. The quantitative estimate of drug-likeness (QED) is 0.762. The van der Waals surface area contributed by atoms with Gasteiger partial charge in [0.2, 0.25) is 0 Å². The molecule has 0 bridgehead atoms. The first-order valence-corrected chi connectivity index (χ1v) is 9.06. The lowest BCUT2D eigenvalue weighted by molar-refractivity contribution is 0.335. The second-order valence-electron chi connectivity index (χ2n) is 6.08. The van der Waals surface area contributed by atoms with Crippen LogP contribution >= 0.6 is 22.9 Å². The van der Waals surface area contributed by atoms with Crippen LogP contribution < -0.4 is 5.32 Å². The Morgan fingerprint density at radius 1 is 1.00 bits per heavy atom. The van der Waals surface area contributed by atoms with Crippen molar-refractivity contribution in [1.29, 1.82) is 0 Å². The molecule has 1 unspecified atom stereocenters. The molecule has 1 N–H and O–H groups in total. The van der Waals surface area contributed by atoms with Crippen LogP contribution in [-0.4, -0.2) is 6.04 Å². The van der Waals surface area contributed by atoms with Gasteiger partial charge in [0.15, 0.2) is 0 Å². The standard InChI is InChI=1S/C16H24ClNS/c17-16-11-13-14(9-6-10-15(13)19-16)18-12-7-4-2-1-3-5-8-12/h11-12,14,18H,1-10H2. The summed E-state index contributed by atoms with van der Waals surface area (Å²) < 4.78 is 0.969. The number of aryl methyl sites for hydroxylation is 1. The van der Waals surface area contributed by atoms with E-state index in [0.29, 0.717) is 6.04 Å². The van der Waals surface area contributed by atoms with Crippen molar-refractivity contribution >= 4 is 22.9 Å². The number of rotatable bonds is 2. The van der Waals surface area contributed by atoms with E-state index >= 15 is 0 Å². The predicted octanol–water partition coefficient (Wildman–Crippen LogP) is 5.48. The van der Waals surface area contributed by atoms with E-state index < -0.39 is 0 Å². The molecule has 2 aliphatic carbocycles. The molecule has 2 aliphatic rings. The van der Waals surface area contributed by atoms with Gasteiger partial charge in [0.1, 0.15) is 0 Å². The van der Waals surface area contributed by atoms with E-state index in [2.05, 4.69) is 11.4 Å². The van der Waals surface area contributed by atoms with Gasteiger partial charge in [-0.05, 0) is 43.7 Å². The average molecular weight is 298 g/mol. The fraction of sp³-hybridized carbons (Fsp3) is 0.750. The van der Waals surface area contributed by atoms with Crippen molar-refractivity contribution < 1.29 is 0 Å². The molecule has 0 amide bonds. The van der Waals surface area contributed by atoms with Crippen molar-refractivity contribution in [2.75, 3.05) is 0 Å². The molecule has 1 aromatic rings. The highest BCUT2D eigenvalue weighted by atomic mass is 35.5. The second-order valence-corrected chi connectivity index (χ2v) is 7.85. The van der Waals surface area contributed by atoms with Crippen LogP contribution in [0, 0.1) is 0 Å². The third-order valence-electron chi connectivity index (χ3n) is 4.63. The Morgan fingerprint density at radius 3 is 2.53 bits per heavy atom. The number of fused-ring (bicyclic) bond motifs is 1. The highest BCUT2D eigenvalue weighted by Crippen LogP contribution is 2.38. The van der Waals surface area contributed by atoms with Crippen molar-refractivity contribution in [1.82, 2.24) is 5.32 Å². The van der Waals surface area contributed by atoms with Crippen molar-refractivity contribution in [3.8, 4) is 0 Å². The van der Waals surface area contributed by atoms with Gasteiger partial charge in [0.25, 0.3) is 0 Å². The van der Waals surface area contributed by atoms with Crippen LogP contribution in [0.4, 0.5) is 0 Å². The van der Waals surface area contributed by atoms with Crippen molar-refractivity contribution in [3.05, 3.63) is 20.8 Å². The molecular weight excluding hydrogens is 274 g/mol. The van der Waals surface area contributed by atoms with E-state index in [4.69, 9.17) is 11.6 Å². The van der Waals surface area contributed by atoms with E-state index in [1.807, 2.05) is 0 Å². The normalized spacial score (nSPS) is 25.6. The predicted molar refractivity (Wildman–Crippen MR) is 84.3 cm³/mol. The molecule has 3 heteroatoms. The Balaban J connectivity index is 1.65. The number of halogens is 1. The topological polar surface area (TPSA) is 12.0 Å². The molecule has 0 radical (unpaired) electrons. The van der Waals surface area contributed by atoms with E-state index in [-0.39, 0.29) is 0 Å². The molecule has 19 heavy (non-hydrogen) atoms. The summed E-state index contributed by atoms with van der Waals surface area (Å²) in [5, 5.41) is 3.94. The molecule has 3 rings (SSSR count). The second kappa shape index (κ2) is 6.60. The summed E-state index contributed by atoms with van der Waals surface area (Å²) in [6, 6.07) is 3.51. The molecule has 106 valence electrons. The van der Waals surface area contributed by atoms with Crippen LogP contribution in [0.2, 0.25) is 4.34 Å². The van der Waals surface area contributed by atoms with E-state index in [9.17, 15) is 0 Å². The minimum atomic E-state index is 0.567. The summed E-state index contributed by atoms with van der Waals surface area (Å²) in [4.78, 5) is 1.53. The van der Waals surface area contributed by atoms with Gasteiger partial charge in [-0.3, -0.25) is 0 Å². The van der Waals surface area contributed by atoms with Crippen LogP contribution in [0.5, 0.6) is 0 Å². The SMILES string of the molecule is Clc1cc2c(s1)CCCC2NC1CCCCCCC1. The fourth-order valence-corrected chi connectivity index (χ4v) is 4.99. The number of hydrogen-bond acceptors (Lipinski definition) is 2. The molecular formula is C16H24ClNS. The Labute approximate surface area is 125 Å². The van der Waals surface area contributed by atoms with Crippen molar-refractivity contribution in [2.45, 2.75) is 76.3 Å². The van der Waals surface area contributed by atoms with Crippen LogP contribution in [0.25, 0.3) is 0 Å². The zero-order chi connectivity index (χ0) is 13.1. The summed E-state index contributed by atoms with van der Waals surface area (Å²) in [6.45, 7) is 0. The van der Waals surface area contributed by atoms with Crippen LogP contribution in [-0.2, 0) is 6.42 Å². The summed E-state index contributed by atoms with van der Waals surface area (Å²) in [7, 11) is 0. The zero-order valence-electron chi connectivity index (χ0n) is 11.6. The third-order valence-corrected chi connectivity index (χ3v) is 5.97. The van der Waals surface area contributed by atoms with E-state index in [1.54, 1.807) is 11.3 Å². The average Bonchev–Trinajstić information content (AvgIpc) is 2.73. The largest absolute Gasteiger partial charge is 0.307 e. The van der Waals surface area contributed by atoms with Gasteiger partial charge in [-0.15, -0.1) is 11.3 Å². The highest BCUT2D eigenvalue weighted by Gasteiger charge is 2.25. The summed E-state index contributed by atoms with van der Waals surface area (Å²) in [6.07, 6.45) is 13.7. The molecule has 0 aliphatic heterocycles. The maximum absolute atomic E-state index is 6.20. The van der Waals surface area contributed by atoms with Gasteiger partial charge in [-0.2, -0.15) is 0 Å². The van der Waals surface area contributed by atoms with Crippen LogP contribution in [0.1, 0.15) is 74.3 Å². The summed E-state index contributed by atoms with van der Waals surface area (Å²) in [5.41, 5.74) is 1.50. The minimum absolute atomic E-state index is 0.567. The third kappa shape index (κ3) is 3.53. The maximum Gasteiger partial charge on any atom is 0.0934 e. The van der Waals surface area contributed by atoms with Gasteiger partial charge in [-0.25, -0.2) is 0 Å². The maximum atomic E-state index is 6.20. The fourth-order valence-electron chi connectivity index (χ4n) is 3.60. The molecule has 0 saturated heterocycles. The molecule has 0 aromatic carbocycles. The van der Waals surface area contributed by atoms with E-state index in [0.717, 1.165) is 10.4 Å². The van der Waals surface area contributed by atoms with E-state index in [1.165, 1.54) is 74.6 Å². The first-order valence-electron chi connectivity index (χ1n) is 7.87. The Kier molecular flexibility index (Phi) is 4.83. The van der Waals surface area contributed by atoms with Crippen LogP contribution in [0.15, 0.2) is 6.07 Å². The molecule has 0 spiro atoms. The van der Waals surface area contributed by atoms with Crippen molar-refractivity contribution in [2.24, 2.45) is 0 Å². The molecule has 1 aromatic heterocycles. The zero-order valence-corrected chi connectivity index (χ0v) is 13.2. The van der Waals surface area contributed by atoms with Gasteiger partial charge in [-0.1, -0.05) is 43.7 Å². The Bertz CT molecular complexity index is 407. The smallest absolute Gasteiger partial charge is 0.0934 e. The Morgan fingerprint density at radius 2 is 1.74 bits per heavy atom. The van der Waals surface area contributed by atoms with Crippen LogP contribution in [0.3, 0.4) is 0 Å². The number of thiophene rings is 1. The van der Waals surface area contributed by atoms with Gasteiger partial charge in [0.05, 0.1) is 4.34 Å². The lowest BCUT2D eigenvalue weighted by atomic mass is 9.91. The highest BCUT2D eigenvalue weighted by molar-refractivity contribution is 7.16. The lowest BCUT2D eigenvalue weighted by Crippen LogP contribution is -2.34. The monoisotopic (exact) mass is 297 g/mol. The van der Waals surface area contributed by atoms with Crippen molar-refractivity contribution in [3.63, 3.8) is 0 Å².